The average molecular weight is 666 g/mol. The van der Waals surface area contributed by atoms with Crippen molar-refractivity contribution in [3.8, 4) is 45.3 Å². The van der Waals surface area contributed by atoms with Gasteiger partial charge in [0.15, 0.2) is 17.5 Å². The monoisotopic (exact) mass is 665 g/mol. The molecule has 242 valence electrons. The van der Waals surface area contributed by atoms with E-state index in [1.54, 1.807) is 0 Å². The molecule has 5 nitrogen and oxygen atoms in total. The van der Waals surface area contributed by atoms with Gasteiger partial charge in [-0.15, -0.1) is 0 Å². The predicted octanol–water partition coefficient (Wildman–Crippen LogP) is 12.6. The first-order valence-corrected chi connectivity index (χ1v) is 17.3. The van der Waals surface area contributed by atoms with E-state index in [1.165, 1.54) is 5.56 Å². The highest BCUT2D eigenvalue weighted by atomic mass is 16.3. The van der Waals surface area contributed by atoms with Crippen LogP contribution in [-0.2, 0) is 0 Å². The Bertz CT molecular complexity index is 3190. The SMILES string of the molecule is c1ccc(-c2ccc3ccc(-c4nc(-c5cccc6oc7ccccc7c56)nc(-c5cc6ccccc6c6oc7ccccc7c56)n4)cc3c2)cc1. The fraction of sp³-hybridized carbons (Fsp3) is 0. The van der Waals surface area contributed by atoms with E-state index < -0.39 is 0 Å². The molecule has 0 N–H and O–H groups in total. The summed E-state index contributed by atoms with van der Waals surface area (Å²) in [7, 11) is 0. The van der Waals surface area contributed by atoms with E-state index in [2.05, 4.69) is 97.1 Å². The van der Waals surface area contributed by atoms with Crippen LogP contribution in [0.25, 0.3) is 111 Å². The molecule has 0 fully saturated rings. The lowest BCUT2D eigenvalue weighted by Crippen LogP contribution is -2.01. The second kappa shape index (κ2) is 11.2. The van der Waals surface area contributed by atoms with Crippen molar-refractivity contribution in [3.05, 3.63) is 164 Å². The Morgan fingerprint density at radius 3 is 1.77 bits per heavy atom. The summed E-state index contributed by atoms with van der Waals surface area (Å²) in [6.07, 6.45) is 0. The number of hydrogen-bond acceptors (Lipinski definition) is 5. The molecule has 0 saturated carbocycles. The standard InChI is InChI=1S/C47H27N3O2/c1-2-11-28(12-3-1)30-23-21-29-22-24-32(26-33(29)25-30)45-48-46(37-17-10-20-41-42(37)35-15-6-8-18-39(35)51-41)50-47(49-45)38-27-31-13-4-5-14-34(31)44-43(38)36-16-7-9-19-40(36)52-44/h1-27H. The number of aromatic nitrogens is 3. The van der Waals surface area contributed by atoms with Crippen molar-refractivity contribution in [3.63, 3.8) is 0 Å². The lowest BCUT2D eigenvalue weighted by molar-refractivity contribution is 0.669. The Morgan fingerprint density at radius 2 is 0.942 bits per heavy atom. The van der Waals surface area contributed by atoms with Gasteiger partial charge in [0.05, 0.1) is 0 Å². The topological polar surface area (TPSA) is 65.0 Å². The van der Waals surface area contributed by atoms with Gasteiger partial charge in [-0.2, -0.15) is 0 Å². The lowest BCUT2D eigenvalue weighted by Gasteiger charge is -2.12. The van der Waals surface area contributed by atoms with Crippen LogP contribution in [0.2, 0.25) is 0 Å². The van der Waals surface area contributed by atoms with Crippen LogP contribution >= 0.6 is 0 Å². The van der Waals surface area contributed by atoms with Crippen molar-refractivity contribution in [2.75, 3.05) is 0 Å². The van der Waals surface area contributed by atoms with Gasteiger partial charge in [-0.25, -0.2) is 15.0 Å². The van der Waals surface area contributed by atoms with Crippen LogP contribution < -0.4 is 0 Å². The van der Waals surface area contributed by atoms with Gasteiger partial charge in [0.2, 0.25) is 0 Å². The fourth-order valence-electron chi connectivity index (χ4n) is 7.64. The zero-order valence-electron chi connectivity index (χ0n) is 27.7. The maximum atomic E-state index is 6.57. The summed E-state index contributed by atoms with van der Waals surface area (Å²) in [5, 5.41) is 8.35. The van der Waals surface area contributed by atoms with Crippen LogP contribution in [0.1, 0.15) is 0 Å². The summed E-state index contributed by atoms with van der Waals surface area (Å²) >= 11 is 0. The molecule has 52 heavy (non-hydrogen) atoms. The fourth-order valence-corrected chi connectivity index (χ4v) is 7.64. The third-order valence-corrected chi connectivity index (χ3v) is 10.1. The molecule has 3 heterocycles. The smallest absolute Gasteiger partial charge is 0.164 e. The molecule has 0 aliphatic heterocycles. The molecule has 0 aliphatic rings. The van der Waals surface area contributed by atoms with Gasteiger partial charge in [-0.1, -0.05) is 127 Å². The van der Waals surface area contributed by atoms with E-state index in [4.69, 9.17) is 23.8 Å². The van der Waals surface area contributed by atoms with Crippen LogP contribution in [0.4, 0.5) is 0 Å². The van der Waals surface area contributed by atoms with Crippen LogP contribution in [0.15, 0.2) is 173 Å². The molecule has 11 aromatic rings. The summed E-state index contributed by atoms with van der Waals surface area (Å²) in [6.45, 7) is 0. The van der Waals surface area contributed by atoms with Gasteiger partial charge < -0.3 is 8.83 Å². The highest BCUT2D eigenvalue weighted by molar-refractivity contribution is 6.21. The lowest BCUT2D eigenvalue weighted by atomic mass is 9.99. The first-order chi connectivity index (χ1) is 25.7. The van der Waals surface area contributed by atoms with Gasteiger partial charge in [0.25, 0.3) is 0 Å². The van der Waals surface area contributed by atoms with Crippen molar-refractivity contribution in [1.82, 2.24) is 15.0 Å². The predicted molar refractivity (Wildman–Crippen MR) is 211 cm³/mol. The molecule has 0 radical (unpaired) electrons. The summed E-state index contributed by atoms with van der Waals surface area (Å²) < 4.78 is 12.9. The van der Waals surface area contributed by atoms with E-state index >= 15 is 0 Å². The molecule has 5 heteroatoms. The molecule has 0 spiro atoms. The third-order valence-electron chi connectivity index (χ3n) is 10.1. The Morgan fingerprint density at radius 1 is 0.327 bits per heavy atom. The molecular weight excluding hydrogens is 639 g/mol. The molecule has 0 unspecified atom stereocenters. The van der Waals surface area contributed by atoms with Crippen LogP contribution in [0, 0.1) is 0 Å². The number of furan rings is 2. The van der Waals surface area contributed by atoms with Gasteiger partial charge in [0, 0.05) is 43.6 Å². The van der Waals surface area contributed by atoms with Gasteiger partial charge >= 0.3 is 0 Å². The van der Waals surface area contributed by atoms with E-state index in [1.807, 2.05) is 66.7 Å². The Kier molecular flexibility index (Phi) is 6.18. The molecule has 0 amide bonds. The van der Waals surface area contributed by atoms with Gasteiger partial charge in [-0.3, -0.25) is 0 Å². The maximum absolute atomic E-state index is 6.57. The van der Waals surface area contributed by atoms with Crippen molar-refractivity contribution in [2.24, 2.45) is 0 Å². The molecular formula is C47H27N3O2. The highest BCUT2D eigenvalue weighted by Crippen LogP contribution is 2.42. The van der Waals surface area contributed by atoms with Crippen molar-refractivity contribution >= 4 is 65.4 Å². The first-order valence-electron chi connectivity index (χ1n) is 17.3. The number of nitrogens with zero attached hydrogens (tertiary/aromatic N) is 3. The molecule has 0 aliphatic carbocycles. The molecule has 3 aromatic heterocycles. The normalized spacial score (nSPS) is 11.8. The molecule has 0 bridgehead atoms. The van der Waals surface area contributed by atoms with Crippen molar-refractivity contribution in [2.45, 2.75) is 0 Å². The van der Waals surface area contributed by atoms with Gasteiger partial charge in [0.1, 0.15) is 22.3 Å². The number of benzene rings is 8. The van der Waals surface area contributed by atoms with E-state index in [0.717, 1.165) is 87.7 Å². The minimum atomic E-state index is 0.574. The van der Waals surface area contributed by atoms with E-state index in [-0.39, 0.29) is 0 Å². The van der Waals surface area contributed by atoms with Crippen molar-refractivity contribution in [1.29, 1.82) is 0 Å². The number of para-hydroxylation sites is 2. The second-order valence-electron chi connectivity index (χ2n) is 13.2. The minimum absolute atomic E-state index is 0.574. The Hall–Kier alpha value is -7.11. The average Bonchev–Trinajstić information content (AvgIpc) is 3.80. The summed E-state index contributed by atoms with van der Waals surface area (Å²) in [5.74, 6) is 1.74. The third kappa shape index (κ3) is 4.46. The quantitative estimate of drug-likeness (QED) is 0.187. The molecule has 0 saturated heterocycles. The molecule has 0 atom stereocenters. The maximum Gasteiger partial charge on any atom is 0.164 e. The second-order valence-corrected chi connectivity index (χ2v) is 13.2. The van der Waals surface area contributed by atoms with Gasteiger partial charge in [-0.05, 0) is 63.7 Å². The molecule has 11 rings (SSSR count). The molecule has 8 aromatic carbocycles. The van der Waals surface area contributed by atoms with Crippen LogP contribution in [0.3, 0.4) is 0 Å². The van der Waals surface area contributed by atoms with Crippen LogP contribution in [-0.4, -0.2) is 15.0 Å². The minimum Gasteiger partial charge on any atom is -0.456 e. The summed E-state index contributed by atoms with van der Waals surface area (Å²) in [5.41, 5.74) is 8.26. The largest absolute Gasteiger partial charge is 0.456 e. The Labute approximate surface area is 297 Å². The summed E-state index contributed by atoms with van der Waals surface area (Å²) in [4.78, 5) is 15.8. The highest BCUT2D eigenvalue weighted by Gasteiger charge is 2.22. The number of hydrogen-bond donors (Lipinski definition) is 0. The van der Waals surface area contributed by atoms with Crippen LogP contribution in [0.5, 0.6) is 0 Å². The zero-order chi connectivity index (χ0) is 34.2. The zero-order valence-corrected chi connectivity index (χ0v) is 27.7. The first kappa shape index (κ1) is 28.7. The van der Waals surface area contributed by atoms with Crippen molar-refractivity contribution < 1.29 is 8.83 Å². The number of rotatable bonds is 4. The summed E-state index contributed by atoms with van der Waals surface area (Å²) in [6, 6.07) is 56.3. The van der Waals surface area contributed by atoms with E-state index in [0.29, 0.717) is 17.5 Å². The number of fused-ring (bicyclic) bond motifs is 9. The Balaban J connectivity index is 1.21. The van der Waals surface area contributed by atoms with E-state index in [9.17, 15) is 0 Å².